The molecule has 2 aromatic rings. The highest BCUT2D eigenvalue weighted by Gasteiger charge is 2.19. The Bertz CT molecular complexity index is 745. The number of hydrogen-bond acceptors (Lipinski definition) is 4. The molecule has 0 fully saturated rings. The number of benzene rings is 1. The molecule has 1 heterocycles. The first-order valence-electron chi connectivity index (χ1n) is 6.86. The summed E-state index contributed by atoms with van der Waals surface area (Å²) in [6.07, 6.45) is 1.66. The van der Waals surface area contributed by atoms with Crippen molar-refractivity contribution in [2.45, 2.75) is 19.3 Å². The molecular weight excluding hydrogens is 381 g/mol. The first-order valence-corrected chi connectivity index (χ1v) is 8.81. The van der Waals surface area contributed by atoms with Crippen LogP contribution in [0.15, 0.2) is 12.1 Å². The number of nitrogens with one attached hydrogen (secondary N) is 1. The van der Waals surface area contributed by atoms with E-state index in [1.165, 1.54) is 18.4 Å². The molecule has 0 saturated heterocycles. The predicted molar refractivity (Wildman–Crippen MR) is 95.1 cm³/mol. The summed E-state index contributed by atoms with van der Waals surface area (Å²) < 4.78 is 5.32. The van der Waals surface area contributed by atoms with E-state index in [9.17, 15) is 9.59 Å². The van der Waals surface area contributed by atoms with Crippen LogP contribution in [-0.4, -0.2) is 25.5 Å². The number of thiophene rings is 1. The Kier molecular flexibility index (Phi) is 6.53. The second-order valence-corrected chi connectivity index (χ2v) is 7.07. The van der Waals surface area contributed by atoms with E-state index in [4.69, 9.17) is 34.8 Å². The maximum atomic E-state index is 12.2. The highest BCUT2D eigenvalue weighted by atomic mass is 35.5. The smallest absolute Gasteiger partial charge is 0.305 e. The standard InChI is InChI=1S/C15H14Cl3NO3S/c1-22-11(20)4-2-3-5-19-15(21)14-13(18)12-9(17)6-8(16)7-10(12)23-14/h6-7H,2-5H2,1H3,(H,19,21). The lowest BCUT2D eigenvalue weighted by molar-refractivity contribution is -0.140. The molecule has 23 heavy (non-hydrogen) atoms. The van der Waals surface area contributed by atoms with Crippen molar-refractivity contribution in [2.75, 3.05) is 13.7 Å². The van der Waals surface area contributed by atoms with E-state index in [0.717, 1.165) is 4.70 Å². The number of unbranched alkanes of at least 4 members (excludes halogenated alkanes) is 1. The molecule has 124 valence electrons. The Morgan fingerprint density at radius 3 is 2.65 bits per heavy atom. The van der Waals surface area contributed by atoms with Crippen molar-refractivity contribution in [3.8, 4) is 0 Å². The SMILES string of the molecule is COC(=O)CCCCNC(=O)c1sc2cc(Cl)cc(Cl)c2c1Cl. The van der Waals surface area contributed by atoms with Crippen molar-refractivity contribution >= 4 is 68.1 Å². The molecule has 0 spiro atoms. The zero-order chi connectivity index (χ0) is 17.0. The Morgan fingerprint density at radius 2 is 1.96 bits per heavy atom. The van der Waals surface area contributed by atoms with Crippen molar-refractivity contribution < 1.29 is 14.3 Å². The van der Waals surface area contributed by atoms with Crippen molar-refractivity contribution in [1.82, 2.24) is 5.32 Å². The number of ether oxygens (including phenoxy) is 1. The van der Waals surface area contributed by atoms with E-state index >= 15 is 0 Å². The second kappa shape index (κ2) is 8.20. The van der Waals surface area contributed by atoms with Gasteiger partial charge in [-0.1, -0.05) is 34.8 Å². The maximum absolute atomic E-state index is 12.2. The van der Waals surface area contributed by atoms with Crippen molar-refractivity contribution in [3.63, 3.8) is 0 Å². The van der Waals surface area contributed by atoms with Crippen LogP contribution >= 0.6 is 46.1 Å². The van der Waals surface area contributed by atoms with Gasteiger partial charge in [-0.2, -0.15) is 0 Å². The first kappa shape index (κ1) is 18.3. The summed E-state index contributed by atoms with van der Waals surface area (Å²) in [5, 5.41) is 4.67. The molecule has 0 aliphatic carbocycles. The largest absolute Gasteiger partial charge is 0.469 e. The van der Waals surface area contributed by atoms with Gasteiger partial charge in [0.05, 0.1) is 17.2 Å². The predicted octanol–water partition coefficient (Wildman–Crippen LogP) is 4.93. The average Bonchev–Trinajstić information content (AvgIpc) is 2.83. The van der Waals surface area contributed by atoms with E-state index < -0.39 is 0 Å². The summed E-state index contributed by atoms with van der Waals surface area (Å²) in [4.78, 5) is 23.6. The van der Waals surface area contributed by atoms with Crippen LogP contribution in [0.5, 0.6) is 0 Å². The fourth-order valence-electron chi connectivity index (χ4n) is 2.04. The molecule has 0 unspecified atom stereocenters. The van der Waals surface area contributed by atoms with Crippen molar-refractivity contribution in [3.05, 3.63) is 32.1 Å². The molecule has 0 aliphatic heterocycles. The molecule has 0 saturated carbocycles. The fourth-order valence-corrected chi connectivity index (χ4v) is 4.33. The van der Waals surface area contributed by atoms with E-state index in [1.807, 2.05) is 0 Å². The van der Waals surface area contributed by atoms with E-state index in [-0.39, 0.29) is 11.9 Å². The molecule has 1 N–H and O–H groups in total. The highest BCUT2D eigenvalue weighted by molar-refractivity contribution is 7.21. The number of fused-ring (bicyclic) bond motifs is 1. The van der Waals surface area contributed by atoms with Gasteiger partial charge in [0.15, 0.2) is 0 Å². The topological polar surface area (TPSA) is 55.4 Å². The van der Waals surface area contributed by atoms with Gasteiger partial charge < -0.3 is 10.1 Å². The van der Waals surface area contributed by atoms with E-state index in [0.29, 0.717) is 51.1 Å². The molecule has 2 rings (SSSR count). The van der Waals surface area contributed by atoms with Gasteiger partial charge in [0.2, 0.25) is 0 Å². The summed E-state index contributed by atoms with van der Waals surface area (Å²) in [6, 6.07) is 3.32. The third-order valence-electron chi connectivity index (χ3n) is 3.18. The van der Waals surface area contributed by atoms with Crippen LogP contribution in [0.2, 0.25) is 15.1 Å². The van der Waals surface area contributed by atoms with Crippen LogP contribution in [0.25, 0.3) is 10.1 Å². The quantitative estimate of drug-likeness (QED) is 0.558. The number of carbonyl (C=O) groups is 2. The molecule has 0 radical (unpaired) electrons. The summed E-state index contributed by atoms with van der Waals surface area (Å²) in [5.41, 5.74) is 0. The first-order chi connectivity index (χ1) is 10.9. The van der Waals surface area contributed by atoms with Crippen molar-refractivity contribution in [1.29, 1.82) is 0 Å². The monoisotopic (exact) mass is 393 g/mol. The zero-order valence-electron chi connectivity index (χ0n) is 12.3. The minimum Gasteiger partial charge on any atom is -0.469 e. The Hall–Kier alpha value is -1.01. The van der Waals surface area contributed by atoms with Gasteiger partial charge in [0.1, 0.15) is 4.88 Å². The lowest BCUT2D eigenvalue weighted by Crippen LogP contribution is -2.23. The minimum atomic E-state index is -0.263. The number of esters is 1. The normalized spacial score (nSPS) is 10.8. The maximum Gasteiger partial charge on any atom is 0.305 e. The van der Waals surface area contributed by atoms with Crippen LogP contribution < -0.4 is 5.32 Å². The second-order valence-electron chi connectivity index (χ2n) is 4.80. The molecule has 0 atom stereocenters. The van der Waals surface area contributed by atoms with Gasteiger partial charge in [0, 0.05) is 28.1 Å². The number of amides is 1. The van der Waals surface area contributed by atoms with Gasteiger partial charge in [-0.25, -0.2) is 0 Å². The van der Waals surface area contributed by atoms with Gasteiger partial charge in [-0.05, 0) is 25.0 Å². The summed E-state index contributed by atoms with van der Waals surface area (Å²) in [5.74, 6) is -0.517. The number of halogens is 3. The summed E-state index contributed by atoms with van der Waals surface area (Å²) in [7, 11) is 1.35. The molecule has 1 aromatic heterocycles. The summed E-state index contributed by atoms with van der Waals surface area (Å²) in [6.45, 7) is 0.453. The average molecular weight is 395 g/mol. The van der Waals surface area contributed by atoms with Crippen LogP contribution in [0.1, 0.15) is 28.9 Å². The molecule has 1 amide bonds. The summed E-state index contributed by atoms with van der Waals surface area (Å²) >= 11 is 19.6. The van der Waals surface area contributed by atoms with Crippen LogP contribution in [0, 0.1) is 0 Å². The highest BCUT2D eigenvalue weighted by Crippen LogP contribution is 2.41. The van der Waals surface area contributed by atoms with Crippen molar-refractivity contribution in [2.24, 2.45) is 0 Å². The molecule has 0 bridgehead atoms. The van der Waals surface area contributed by atoms with Gasteiger partial charge in [-0.3, -0.25) is 9.59 Å². The van der Waals surface area contributed by atoms with Gasteiger partial charge >= 0.3 is 5.97 Å². The number of methoxy groups -OCH3 is 1. The van der Waals surface area contributed by atoms with Gasteiger partial charge in [0.25, 0.3) is 5.91 Å². The zero-order valence-corrected chi connectivity index (χ0v) is 15.3. The molecule has 8 heteroatoms. The Balaban J connectivity index is 2.00. The van der Waals surface area contributed by atoms with Crippen LogP contribution in [-0.2, 0) is 9.53 Å². The number of rotatable bonds is 6. The lowest BCUT2D eigenvalue weighted by Gasteiger charge is -2.03. The van der Waals surface area contributed by atoms with E-state index in [2.05, 4.69) is 10.1 Å². The van der Waals surface area contributed by atoms with E-state index in [1.54, 1.807) is 12.1 Å². The van der Waals surface area contributed by atoms with Crippen LogP contribution in [0.3, 0.4) is 0 Å². The molecular formula is C15H14Cl3NO3S. The molecule has 4 nitrogen and oxygen atoms in total. The molecule has 1 aromatic carbocycles. The number of carbonyl (C=O) groups excluding carboxylic acids is 2. The third kappa shape index (κ3) is 4.51. The molecule has 0 aliphatic rings. The lowest BCUT2D eigenvalue weighted by atomic mass is 10.2. The number of hydrogen-bond donors (Lipinski definition) is 1. The Labute approximate surface area is 152 Å². The van der Waals surface area contributed by atoms with Crippen LogP contribution in [0.4, 0.5) is 0 Å². The minimum absolute atomic E-state index is 0.254. The third-order valence-corrected chi connectivity index (χ3v) is 5.32. The Morgan fingerprint density at radius 1 is 1.22 bits per heavy atom. The fraction of sp³-hybridized carbons (Fsp3) is 0.333. The van der Waals surface area contributed by atoms with Gasteiger partial charge in [-0.15, -0.1) is 11.3 Å².